The summed E-state index contributed by atoms with van der Waals surface area (Å²) in [5.41, 5.74) is 0.522. The fourth-order valence-electron chi connectivity index (χ4n) is 2.38. The third kappa shape index (κ3) is 6.20. The maximum Gasteiger partial charge on any atom is 0.348 e. The molecule has 1 amide bonds. The number of thiophene rings is 1. The van der Waals surface area contributed by atoms with E-state index >= 15 is 0 Å². The Labute approximate surface area is 177 Å². The molecule has 0 unspecified atom stereocenters. The molecule has 2 rings (SSSR count). The zero-order valence-corrected chi connectivity index (χ0v) is 18.1. The molecule has 0 radical (unpaired) electrons. The second-order valence-electron chi connectivity index (χ2n) is 6.23. The molecular formula is C20H22ClNO6S. The first-order chi connectivity index (χ1) is 13.7. The molecule has 0 fully saturated rings. The molecule has 7 nitrogen and oxygen atoms in total. The molecule has 0 atom stereocenters. The highest BCUT2D eigenvalue weighted by Gasteiger charge is 2.27. The lowest BCUT2D eigenvalue weighted by molar-refractivity contribution is -0.118. The zero-order chi connectivity index (χ0) is 21.6. The molecule has 0 aliphatic carbocycles. The summed E-state index contributed by atoms with van der Waals surface area (Å²) in [5.74, 6) is -1.26. The van der Waals surface area contributed by atoms with E-state index in [4.69, 9.17) is 25.8 Å². The first kappa shape index (κ1) is 22.7. The quantitative estimate of drug-likeness (QED) is 0.610. The predicted molar refractivity (Wildman–Crippen MR) is 111 cm³/mol. The van der Waals surface area contributed by atoms with Crippen LogP contribution in [-0.2, 0) is 14.3 Å². The van der Waals surface area contributed by atoms with Crippen molar-refractivity contribution in [2.45, 2.75) is 33.8 Å². The van der Waals surface area contributed by atoms with Gasteiger partial charge in [0.2, 0.25) is 0 Å². The monoisotopic (exact) mass is 439 g/mol. The Balaban J connectivity index is 2.21. The summed E-state index contributed by atoms with van der Waals surface area (Å²) in [6, 6.07) is 6.63. The van der Waals surface area contributed by atoms with Gasteiger partial charge in [-0.2, -0.15) is 0 Å². The fraction of sp³-hybridized carbons (Fsp3) is 0.350. The van der Waals surface area contributed by atoms with Crippen LogP contribution in [0.2, 0.25) is 5.02 Å². The number of benzene rings is 1. The van der Waals surface area contributed by atoms with E-state index in [-0.39, 0.29) is 34.8 Å². The molecule has 1 N–H and O–H groups in total. The number of rotatable bonds is 8. The first-order valence-electron chi connectivity index (χ1n) is 8.92. The fourth-order valence-corrected chi connectivity index (χ4v) is 3.66. The molecule has 0 aliphatic rings. The minimum absolute atomic E-state index is 0.128. The van der Waals surface area contributed by atoms with Gasteiger partial charge in [-0.25, -0.2) is 9.59 Å². The Bertz CT molecular complexity index is 908. The molecular weight excluding hydrogens is 418 g/mol. The average molecular weight is 440 g/mol. The van der Waals surface area contributed by atoms with Gasteiger partial charge in [0.1, 0.15) is 15.6 Å². The Morgan fingerprint density at radius 1 is 1.21 bits per heavy atom. The number of carbonyl (C=O) groups is 3. The highest BCUT2D eigenvalue weighted by molar-refractivity contribution is 7.18. The normalized spacial score (nSPS) is 10.6. The number of halogens is 1. The van der Waals surface area contributed by atoms with Crippen molar-refractivity contribution in [2.24, 2.45) is 0 Å². The largest absolute Gasteiger partial charge is 0.484 e. The molecule has 0 saturated carbocycles. The minimum Gasteiger partial charge on any atom is -0.484 e. The summed E-state index contributed by atoms with van der Waals surface area (Å²) in [7, 11) is 0. The summed E-state index contributed by atoms with van der Waals surface area (Å²) < 4.78 is 15.7. The SMILES string of the molecule is CCOC(=O)c1c(NC(=O)COc2cccc(Cl)c2)sc(C(=O)OC(C)C)c1C. The molecule has 0 spiro atoms. The van der Waals surface area contributed by atoms with Crippen LogP contribution in [0.25, 0.3) is 0 Å². The number of esters is 2. The van der Waals surface area contributed by atoms with Crippen LogP contribution < -0.4 is 10.1 Å². The van der Waals surface area contributed by atoms with Crippen molar-refractivity contribution < 1.29 is 28.6 Å². The van der Waals surface area contributed by atoms with Crippen molar-refractivity contribution in [3.8, 4) is 5.75 Å². The topological polar surface area (TPSA) is 90.9 Å². The highest BCUT2D eigenvalue weighted by Crippen LogP contribution is 2.34. The van der Waals surface area contributed by atoms with Crippen LogP contribution in [0.4, 0.5) is 5.00 Å². The van der Waals surface area contributed by atoms with Gasteiger partial charge in [-0.3, -0.25) is 4.79 Å². The van der Waals surface area contributed by atoms with Crippen LogP contribution in [0.3, 0.4) is 0 Å². The van der Waals surface area contributed by atoms with Gasteiger partial charge in [-0.15, -0.1) is 11.3 Å². The van der Waals surface area contributed by atoms with Gasteiger partial charge in [-0.1, -0.05) is 17.7 Å². The smallest absolute Gasteiger partial charge is 0.348 e. The molecule has 9 heteroatoms. The Morgan fingerprint density at radius 3 is 2.55 bits per heavy atom. The lowest BCUT2D eigenvalue weighted by atomic mass is 10.1. The van der Waals surface area contributed by atoms with Gasteiger partial charge in [0.15, 0.2) is 6.61 Å². The van der Waals surface area contributed by atoms with E-state index in [1.807, 2.05) is 0 Å². The van der Waals surface area contributed by atoms with Crippen molar-refractivity contribution in [3.05, 3.63) is 45.3 Å². The standard InChI is InChI=1S/C20H22ClNO6S/c1-5-26-19(24)16-12(4)17(20(25)28-11(2)3)29-18(16)22-15(23)10-27-14-8-6-7-13(21)9-14/h6-9,11H,5,10H2,1-4H3,(H,22,23). The molecule has 29 heavy (non-hydrogen) atoms. The number of hydrogen-bond donors (Lipinski definition) is 1. The third-order valence-corrected chi connectivity index (χ3v) is 5.00. The molecule has 0 bridgehead atoms. The Kier molecular flexibility index (Phi) is 8.04. The second-order valence-corrected chi connectivity index (χ2v) is 7.69. The summed E-state index contributed by atoms with van der Waals surface area (Å²) in [6.45, 7) is 6.59. The van der Waals surface area contributed by atoms with Crippen LogP contribution in [0.5, 0.6) is 5.75 Å². The number of ether oxygens (including phenoxy) is 3. The van der Waals surface area contributed by atoms with Crippen LogP contribution in [0, 0.1) is 6.92 Å². The van der Waals surface area contributed by atoms with Crippen LogP contribution >= 0.6 is 22.9 Å². The van der Waals surface area contributed by atoms with Gasteiger partial charge in [0.25, 0.3) is 5.91 Å². The minimum atomic E-state index is -0.629. The summed E-state index contributed by atoms with van der Waals surface area (Å²) >= 11 is 6.85. The van der Waals surface area contributed by atoms with Crippen molar-refractivity contribution >= 4 is 45.8 Å². The second kappa shape index (κ2) is 10.3. The van der Waals surface area contributed by atoms with Gasteiger partial charge in [0.05, 0.1) is 18.3 Å². The molecule has 2 aromatic rings. The van der Waals surface area contributed by atoms with Gasteiger partial charge in [-0.05, 0) is 51.5 Å². The average Bonchev–Trinajstić information content (AvgIpc) is 2.96. The van der Waals surface area contributed by atoms with E-state index < -0.39 is 17.8 Å². The summed E-state index contributed by atoms with van der Waals surface area (Å²) in [5, 5.41) is 3.30. The Hall–Kier alpha value is -2.58. The van der Waals surface area contributed by atoms with Crippen LogP contribution in [-0.4, -0.2) is 37.2 Å². The maximum atomic E-state index is 12.4. The third-order valence-electron chi connectivity index (χ3n) is 3.57. The van der Waals surface area contributed by atoms with E-state index in [0.717, 1.165) is 11.3 Å². The number of carbonyl (C=O) groups excluding carboxylic acids is 3. The molecule has 1 heterocycles. The van der Waals surface area contributed by atoms with Gasteiger partial charge < -0.3 is 19.5 Å². The van der Waals surface area contributed by atoms with E-state index in [0.29, 0.717) is 16.3 Å². The van der Waals surface area contributed by atoms with Crippen molar-refractivity contribution in [1.82, 2.24) is 0 Å². The number of nitrogens with one attached hydrogen (secondary N) is 1. The molecule has 1 aromatic carbocycles. The van der Waals surface area contributed by atoms with Crippen molar-refractivity contribution in [2.75, 3.05) is 18.5 Å². The van der Waals surface area contributed by atoms with Crippen molar-refractivity contribution in [3.63, 3.8) is 0 Å². The van der Waals surface area contributed by atoms with E-state index in [1.54, 1.807) is 52.0 Å². The summed E-state index contributed by atoms with van der Waals surface area (Å²) in [6.07, 6.45) is -0.320. The van der Waals surface area contributed by atoms with Gasteiger partial charge >= 0.3 is 11.9 Å². The first-order valence-corrected chi connectivity index (χ1v) is 10.1. The van der Waals surface area contributed by atoms with E-state index in [9.17, 15) is 14.4 Å². The molecule has 0 saturated heterocycles. The molecule has 156 valence electrons. The highest BCUT2D eigenvalue weighted by atomic mass is 35.5. The maximum absolute atomic E-state index is 12.4. The number of anilines is 1. The molecule has 1 aromatic heterocycles. The van der Waals surface area contributed by atoms with E-state index in [1.165, 1.54) is 0 Å². The van der Waals surface area contributed by atoms with Crippen molar-refractivity contribution in [1.29, 1.82) is 0 Å². The van der Waals surface area contributed by atoms with Crippen LogP contribution in [0.15, 0.2) is 24.3 Å². The lowest BCUT2D eigenvalue weighted by Gasteiger charge is -2.08. The number of hydrogen-bond acceptors (Lipinski definition) is 7. The lowest BCUT2D eigenvalue weighted by Crippen LogP contribution is -2.21. The molecule has 0 aliphatic heterocycles. The predicted octanol–water partition coefficient (Wildman–Crippen LogP) is 4.47. The zero-order valence-electron chi connectivity index (χ0n) is 16.5. The van der Waals surface area contributed by atoms with Gasteiger partial charge in [0, 0.05) is 5.02 Å². The van der Waals surface area contributed by atoms with Crippen LogP contribution in [0.1, 0.15) is 46.4 Å². The Morgan fingerprint density at radius 2 is 1.93 bits per heavy atom. The summed E-state index contributed by atoms with van der Waals surface area (Å²) in [4.78, 5) is 37.3. The number of amides is 1. The van der Waals surface area contributed by atoms with E-state index in [2.05, 4.69) is 5.32 Å².